The fourth-order valence-corrected chi connectivity index (χ4v) is 1.90. The normalized spacial score (nSPS) is 12.4. The molecular weight excluding hydrogens is 311 g/mol. The summed E-state index contributed by atoms with van der Waals surface area (Å²) in [5.74, 6) is 0. The van der Waals surface area contributed by atoms with Gasteiger partial charge in [-0.15, -0.1) is 0 Å². The molecule has 0 spiro atoms. The zero-order valence-corrected chi connectivity index (χ0v) is 11.2. The van der Waals surface area contributed by atoms with Crippen molar-refractivity contribution in [1.29, 1.82) is 0 Å². The second-order valence-electron chi connectivity index (χ2n) is 3.76. The minimum atomic E-state index is -0.0931. The third-order valence-corrected chi connectivity index (χ3v) is 3.68. The molecule has 0 amide bonds. The standard InChI is InChI=1S/C13H13IN2/c1-9-7-11(8-16-13(9)14)12(15)10-5-3-2-4-6-10/h2-8,12H,15H2,1H3/t12-/m1/s1. The molecule has 0 unspecified atom stereocenters. The first kappa shape index (κ1) is 11.5. The molecule has 0 aliphatic heterocycles. The Hall–Kier alpha value is -0.940. The molecule has 2 N–H and O–H groups in total. The molecule has 0 fully saturated rings. The van der Waals surface area contributed by atoms with E-state index in [-0.39, 0.29) is 6.04 Å². The molecule has 1 atom stereocenters. The molecule has 1 aromatic heterocycles. The Balaban J connectivity index is 2.34. The first-order valence-electron chi connectivity index (χ1n) is 5.11. The molecule has 2 rings (SSSR count). The van der Waals surface area contributed by atoms with E-state index in [1.165, 1.54) is 5.56 Å². The maximum Gasteiger partial charge on any atom is 0.104 e. The van der Waals surface area contributed by atoms with Crippen molar-refractivity contribution in [3.63, 3.8) is 0 Å². The van der Waals surface area contributed by atoms with Crippen LogP contribution in [0.15, 0.2) is 42.6 Å². The predicted molar refractivity (Wildman–Crippen MR) is 74.2 cm³/mol. The average molecular weight is 324 g/mol. The van der Waals surface area contributed by atoms with E-state index < -0.39 is 0 Å². The highest BCUT2D eigenvalue weighted by molar-refractivity contribution is 14.1. The Morgan fingerprint density at radius 3 is 2.50 bits per heavy atom. The van der Waals surface area contributed by atoms with E-state index in [2.05, 4.69) is 40.6 Å². The van der Waals surface area contributed by atoms with Crippen LogP contribution in [0.1, 0.15) is 22.7 Å². The average Bonchev–Trinajstić information content (AvgIpc) is 2.33. The molecular formula is C13H13IN2. The summed E-state index contributed by atoms with van der Waals surface area (Å²) in [6.45, 7) is 2.05. The Bertz CT molecular complexity index is 483. The highest BCUT2D eigenvalue weighted by Gasteiger charge is 2.09. The zero-order valence-electron chi connectivity index (χ0n) is 9.02. The van der Waals surface area contributed by atoms with Crippen molar-refractivity contribution in [1.82, 2.24) is 4.98 Å². The summed E-state index contributed by atoms with van der Waals surface area (Å²) in [6, 6.07) is 12.1. The number of nitrogens with two attached hydrogens (primary N) is 1. The molecule has 1 heterocycles. The molecule has 0 radical (unpaired) electrons. The lowest BCUT2D eigenvalue weighted by Crippen LogP contribution is -2.12. The van der Waals surface area contributed by atoms with E-state index in [9.17, 15) is 0 Å². The highest BCUT2D eigenvalue weighted by Crippen LogP contribution is 2.20. The van der Waals surface area contributed by atoms with E-state index in [1.807, 2.05) is 36.5 Å². The Kier molecular flexibility index (Phi) is 3.56. The topological polar surface area (TPSA) is 38.9 Å². The summed E-state index contributed by atoms with van der Waals surface area (Å²) in [5.41, 5.74) is 9.54. The van der Waals surface area contributed by atoms with Gasteiger partial charge in [-0.05, 0) is 46.2 Å². The van der Waals surface area contributed by atoms with Gasteiger partial charge in [0.15, 0.2) is 0 Å². The molecule has 0 aliphatic rings. The van der Waals surface area contributed by atoms with Crippen molar-refractivity contribution >= 4 is 22.6 Å². The van der Waals surface area contributed by atoms with Gasteiger partial charge < -0.3 is 5.73 Å². The molecule has 0 saturated heterocycles. The van der Waals surface area contributed by atoms with E-state index in [0.717, 1.165) is 14.8 Å². The second-order valence-corrected chi connectivity index (χ2v) is 4.79. The van der Waals surface area contributed by atoms with Gasteiger partial charge in [-0.25, -0.2) is 4.98 Å². The molecule has 0 saturated carbocycles. The molecule has 1 aromatic carbocycles. The van der Waals surface area contributed by atoms with Crippen molar-refractivity contribution in [3.05, 3.63) is 63.0 Å². The summed E-state index contributed by atoms with van der Waals surface area (Å²) in [5, 5.41) is 0. The van der Waals surface area contributed by atoms with Crippen molar-refractivity contribution in [3.8, 4) is 0 Å². The fourth-order valence-electron chi connectivity index (χ4n) is 1.60. The van der Waals surface area contributed by atoms with Gasteiger partial charge in [-0.3, -0.25) is 0 Å². The molecule has 0 bridgehead atoms. The number of aryl methyl sites for hydroxylation is 1. The van der Waals surface area contributed by atoms with E-state index in [0.29, 0.717) is 0 Å². The van der Waals surface area contributed by atoms with Gasteiger partial charge >= 0.3 is 0 Å². The summed E-state index contributed by atoms with van der Waals surface area (Å²) >= 11 is 2.23. The van der Waals surface area contributed by atoms with Gasteiger partial charge in [0.25, 0.3) is 0 Å². The number of aromatic nitrogens is 1. The molecule has 82 valence electrons. The second kappa shape index (κ2) is 4.93. The number of nitrogens with zero attached hydrogens (tertiary/aromatic N) is 1. The first-order chi connectivity index (χ1) is 7.68. The van der Waals surface area contributed by atoms with Gasteiger partial charge in [-0.2, -0.15) is 0 Å². The van der Waals surface area contributed by atoms with Crippen LogP contribution >= 0.6 is 22.6 Å². The van der Waals surface area contributed by atoms with Gasteiger partial charge in [0.05, 0.1) is 6.04 Å². The van der Waals surface area contributed by atoms with Crippen LogP contribution in [0.5, 0.6) is 0 Å². The number of halogens is 1. The summed E-state index contributed by atoms with van der Waals surface area (Å²) in [7, 11) is 0. The lowest BCUT2D eigenvalue weighted by molar-refractivity contribution is 0.858. The van der Waals surface area contributed by atoms with Crippen molar-refractivity contribution in [2.24, 2.45) is 5.73 Å². The third kappa shape index (κ3) is 2.41. The van der Waals surface area contributed by atoms with E-state index in [1.54, 1.807) is 0 Å². The Morgan fingerprint density at radius 1 is 1.19 bits per heavy atom. The first-order valence-corrected chi connectivity index (χ1v) is 6.19. The van der Waals surface area contributed by atoms with Gasteiger partial charge in [-0.1, -0.05) is 36.4 Å². The van der Waals surface area contributed by atoms with Crippen LogP contribution in [-0.4, -0.2) is 4.98 Å². The van der Waals surface area contributed by atoms with Crippen molar-refractivity contribution in [2.75, 3.05) is 0 Å². The molecule has 2 aromatic rings. The van der Waals surface area contributed by atoms with Crippen LogP contribution in [0, 0.1) is 10.6 Å². The summed E-state index contributed by atoms with van der Waals surface area (Å²) < 4.78 is 1.03. The largest absolute Gasteiger partial charge is 0.320 e. The number of pyridine rings is 1. The van der Waals surface area contributed by atoms with Crippen LogP contribution in [0.25, 0.3) is 0 Å². The minimum absolute atomic E-state index is 0.0931. The zero-order chi connectivity index (χ0) is 11.5. The fraction of sp³-hybridized carbons (Fsp3) is 0.154. The van der Waals surface area contributed by atoms with Crippen LogP contribution < -0.4 is 5.73 Å². The maximum absolute atomic E-state index is 6.19. The Labute approximate surface area is 109 Å². The predicted octanol–water partition coefficient (Wildman–Crippen LogP) is 3.04. The van der Waals surface area contributed by atoms with Crippen LogP contribution in [0.4, 0.5) is 0 Å². The number of hydrogen-bond donors (Lipinski definition) is 1. The van der Waals surface area contributed by atoms with Gasteiger partial charge in [0.2, 0.25) is 0 Å². The Morgan fingerprint density at radius 2 is 1.88 bits per heavy atom. The van der Waals surface area contributed by atoms with E-state index >= 15 is 0 Å². The van der Waals surface area contributed by atoms with Gasteiger partial charge in [0.1, 0.15) is 3.70 Å². The monoisotopic (exact) mass is 324 g/mol. The SMILES string of the molecule is Cc1cc([C@H](N)c2ccccc2)cnc1I. The highest BCUT2D eigenvalue weighted by atomic mass is 127. The van der Waals surface area contributed by atoms with Crippen molar-refractivity contribution < 1.29 is 0 Å². The molecule has 3 heteroatoms. The van der Waals surface area contributed by atoms with Gasteiger partial charge in [0, 0.05) is 6.20 Å². The van der Waals surface area contributed by atoms with Crippen LogP contribution in [0.2, 0.25) is 0 Å². The third-order valence-electron chi connectivity index (χ3n) is 2.55. The lowest BCUT2D eigenvalue weighted by atomic mass is 10.0. The van der Waals surface area contributed by atoms with E-state index in [4.69, 9.17) is 5.73 Å². The quantitative estimate of drug-likeness (QED) is 0.681. The maximum atomic E-state index is 6.19. The summed E-state index contributed by atoms with van der Waals surface area (Å²) in [6.07, 6.45) is 1.85. The number of benzene rings is 1. The minimum Gasteiger partial charge on any atom is -0.320 e. The van der Waals surface area contributed by atoms with Crippen LogP contribution in [-0.2, 0) is 0 Å². The molecule has 0 aliphatic carbocycles. The smallest absolute Gasteiger partial charge is 0.104 e. The lowest BCUT2D eigenvalue weighted by Gasteiger charge is -2.13. The molecule has 16 heavy (non-hydrogen) atoms. The summed E-state index contributed by atoms with van der Waals surface area (Å²) in [4.78, 5) is 4.33. The van der Waals surface area contributed by atoms with Crippen molar-refractivity contribution in [2.45, 2.75) is 13.0 Å². The number of rotatable bonds is 2. The molecule has 2 nitrogen and oxygen atoms in total. The number of hydrogen-bond acceptors (Lipinski definition) is 2. The van der Waals surface area contributed by atoms with Crippen LogP contribution in [0.3, 0.4) is 0 Å².